The van der Waals surface area contributed by atoms with E-state index in [1.54, 1.807) is 23.6 Å². The van der Waals surface area contributed by atoms with Gasteiger partial charge in [-0.15, -0.1) is 0 Å². The van der Waals surface area contributed by atoms with Gasteiger partial charge >= 0.3 is 0 Å². The molecule has 0 radical (unpaired) electrons. The van der Waals surface area contributed by atoms with Crippen molar-refractivity contribution in [1.29, 1.82) is 0 Å². The van der Waals surface area contributed by atoms with Crippen molar-refractivity contribution in [3.63, 3.8) is 0 Å². The smallest absolute Gasteiger partial charge is 0.255 e. The Bertz CT molecular complexity index is 586. The minimum atomic E-state index is -0.0598. The molecule has 2 aromatic rings. The third kappa shape index (κ3) is 4.52. The molecule has 0 aliphatic heterocycles. The van der Waals surface area contributed by atoms with E-state index in [0.29, 0.717) is 23.7 Å². The van der Waals surface area contributed by atoms with Crippen LogP contribution in [0.2, 0.25) is 5.02 Å². The van der Waals surface area contributed by atoms with Crippen molar-refractivity contribution >= 4 is 28.8 Å². The summed E-state index contributed by atoms with van der Waals surface area (Å²) in [6.45, 7) is 2.05. The van der Waals surface area contributed by atoms with Crippen LogP contribution in [0.5, 0.6) is 0 Å². The number of hydrogen-bond donors (Lipinski definition) is 0. The molecule has 0 saturated heterocycles. The van der Waals surface area contributed by atoms with E-state index in [-0.39, 0.29) is 5.91 Å². The van der Waals surface area contributed by atoms with Crippen LogP contribution in [0.1, 0.15) is 15.9 Å². The van der Waals surface area contributed by atoms with E-state index in [1.807, 2.05) is 30.4 Å². The molecule has 21 heavy (non-hydrogen) atoms. The highest BCUT2D eigenvalue weighted by Crippen LogP contribution is 2.18. The zero-order chi connectivity index (χ0) is 15.2. The first-order valence-electron chi connectivity index (χ1n) is 6.62. The lowest BCUT2D eigenvalue weighted by Crippen LogP contribution is -2.36. The second kappa shape index (κ2) is 7.54. The highest BCUT2D eigenvalue weighted by atomic mass is 35.5. The van der Waals surface area contributed by atoms with E-state index in [9.17, 15) is 4.79 Å². The third-order valence-corrected chi connectivity index (χ3v) is 4.09. The standard InChI is InChI=1S/C15H18ClN3OS/c1-18(2)6-7-19(10-12-4-8-21-11-12)15(20)13-3-5-17-9-14(13)16/h3-5,8-9,11H,6-7,10H2,1-2H3. The molecule has 0 aliphatic rings. The number of thiophene rings is 1. The van der Waals surface area contributed by atoms with Crippen molar-refractivity contribution in [3.05, 3.63) is 51.4 Å². The fourth-order valence-corrected chi connectivity index (χ4v) is 2.76. The van der Waals surface area contributed by atoms with Crippen LogP contribution in [-0.2, 0) is 6.54 Å². The van der Waals surface area contributed by atoms with Crippen LogP contribution < -0.4 is 0 Å². The lowest BCUT2D eigenvalue weighted by Gasteiger charge is -2.24. The van der Waals surface area contributed by atoms with Crippen LogP contribution in [0, 0.1) is 0 Å². The predicted octanol–water partition coefficient (Wildman–Crippen LogP) is 3.00. The van der Waals surface area contributed by atoms with Crippen LogP contribution in [0.15, 0.2) is 35.3 Å². The summed E-state index contributed by atoms with van der Waals surface area (Å²) in [5.41, 5.74) is 1.64. The predicted molar refractivity (Wildman–Crippen MR) is 86.9 cm³/mol. The maximum atomic E-state index is 12.7. The molecule has 2 rings (SSSR count). The molecule has 0 fully saturated rings. The molecular formula is C15H18ClN3OS. The molecule has 1 amide bonds. The average molecular weight is 324 g/mol. The van der Waals surface area contributed by atoms with Crippen molar-refractivity contribution in [2.75, 3.05) is 27.2 Å². The van der Waals surface area contributed by atoms with E-state index in [1.165, 1.54) is 6.20 Å². The fraction of sp³-hybridized carbons (Fsp3) is 0.333. The lowest BCUT2D eigenvalue weighted by molar-refractivity contribution is 0.0732. The number of amides is 1. The SMILES string of the molecule is CN(C)CCN(Cc1ccsc1)C(=O)c1ccncc1Cl. The molecule has 2 heterocycles. The molecule has 0 aliphatic carbocycles. The van der Waals surface area contributed by atoms with Gasteiger partial charge in [0.25, 0.3) is 5.91 Å². The van der Waals surface area contributed by atoms with Gasteiger partial charge in [-0.25, -0.2) is 0 Å². The van der Waals surface area contributed by atoms with Gasteiger partial charge in [0.15, 0.2) is 0 Å². The molecular weight excluding hydrogens is 306 g/mol. The van der Waals surface area contributed by atoms with E-state index in [0.717, 1.165) is 12.1 Å². The summed E-state index contributed by atoms with van der Waals surface area (Å²) < 4.78 is 0. The first kappa shape index (κ1) is 15.9. The monoisotopic (exact) mass is 323 g/mol. The molecule has 6 heteroatoms. The Morgan fingerprint density at radius 3 is 2.76 bits per heavy atom. The lowest BCUT2D eigenvalue weighted by atomic mass is 10.2. The number of carbonyl (C=O) groups is 1. The maximum absolute atomic E-state index is 12.7. The Kier molecular flexibility index (Phi) is 5.73. The first-order chi connectivity index (χ1) is 10.1. The van der Waals surface area contributed by atoms with Crippen molar-refractivity contribution in [2.45, 2.75) is 6.54 Å². The van der Waals surface area contributed by atoms with Gasteiger partial charge in [-0.05, 0) is 42.6 Å². The van der Waals surface area contributed by atoms with Crippen molar-refractivity contribution in [2.24, 2.45) is 0 Å². The number of hydrogen-bond acceptors (Lipinski definition) is 4. The Hall–Kier alpha value is -1.43. The van der Waals surface area contributed by atoms with Crippen LogP contribution in [0.3, 0.4) is 0 Å². The molecule has 0 aromatic carbocycles. The second-order valence-corrected chi connectivity index (χ2v) is 6.20. The summed E-state index contributed by atoms with van der Waals surface area (Å²) in [4.78, 5) is 20.5. The Labute approximate surface area is 134 Å². The fourth-order valence-electron chi connectivity index (χ4n) is 1.90. The molecule has 0 bridgehead atoms. The van der Waals surface area contributed by atoms with Crippen LogP contribution in [0.25, 0.3) is 0 Å². The number of carbonyl (C=O) groups excluding carboxylic acids is 1. The topological polar surface area (TPSA) is 36.4 Å². The molecule has 0 atom stereocenters. The Balaban J connectivity index is 2.17. The first-order valence-corrected chi connectivity index (χ1v) is 7.94. The summed E-state index contributed by atoms with van der Waals surface area (Å²) in [6.07, 6.45) is 3.09. The molecule has 0 N–H and O–H groups in total. The summed E-state index contributed by atoms with van der Waals surface area (Å²) in [7, 11) is 3.99. The summed E-state index contributed by atoms with van der Waals surface area (Å²) in [5, 5.41) is 4.47. The summed E-state index contributed by atoms with van der Waals surface area (Å²) in [6, 6.07) is 3.70. The van der Waals surface area contributed by atoms with Crippen LogP contribution >= 0.6 is 22.9 Å². The number of likely N-dealkylation sites (N-methyl/N-ethyl adjacent to an activating group) is 1. The van der Waals surface area contributed by atoms with Crippen LogP contribution in [-0.4, -0.2) is 47.9 Å². The molecule has 0 saturated carbocycles. The van der Waals surface area contributed by atoms with E-state index in [4.69, 9.17) is 11.6 Å². The summed E-state index contributed by atoms with van der Waals surface area (Å²) in [5.74, 6) is -0.0598. The van der Waals surface area contributed by atoms with Crippen molar-refractivity contribution < 1.29 is 4.79 Å². The van der Waals surface area contributed by atoms with Gasteiger partial charge in [-0.2, -0.15) is 11.3 Å². The largest absolute Gasteiger partial charge is 0.333 e. The molecule has 2 aromatic heterocycles. The molecule has 0 unspecified atom stereocenters. The zero-order valence-corrected chi connectivity index (χ0v) is 13.7. The average Bonchev–Trinajstić information content (AvgIpc) is 2.96. The second-order valence-electron chi connectivity index (χ2n) is 5.02. The highest BCUT2D eigenvalue weighted by Gasteiger charge is 2.19. The van der Waals surface area contributed by atoms with Gasteiger partial charge in [-0.1, -0.05) is 11.6 Å². The number of pyridine rings is 1. The van der Waals surface area contributed by atoms with E-state index in [2.05, 4.69) is 15.3 Å². The van der Waals surface area contributed by atoms with Gasteiger partial charge < -0.3 is 9.80 Å². The number of aromatic nitrogens is 1. The molecule has 112 valence electrons. The normalized spacial score (nSPS) is 10.9. The van der Waals surface area contributed by atoms with E-state index >= 15 is 0 Å². The van der Waals surface area contributed by atoms with Gasteiger partial charge in [0, 0.05) is 32.0 Å². The maximum Gasteiger partial charge on any atom is 0.255 e. The Morgan fingerprint density at radius 2 is 2.14 bits per heavy atom. The molecule has 4 nitrogen and oxygen atoms in total. The summed E-state index contributed by atoms with van der Waals surface area (Å²) >= 11 is 7.72. The number of rotatable bonds is 6. The number of nitrogens with zero attached hydrogens (tertiary/aromatic N) is 3. The minimum Gasteiger partial charge on any atom is -0.333 e. The molecule has 0 spiro atoms. The van der Waals surface area contributed by atoms with Gasteiger partial charge in [-0.3, -0.25) is 9.78 Å². The minimum absolute atomic E-state index is 0.0598. The Morgan fingerprint density at radius 1 is 1.33 bits per heavy atom. The number of halogens is 1. The van der Waals surface area contributed by atoms with Crippen molar-refractivity contribution in [3.8, 4) is 0 Å². The zero-order valence-electron chi connectivity index (χ0n) is 12.1. The highest BCUT2D eigenvalue weighted by molar-refractivity contribution is 7.07. The van der Waals surface area contributed by atoms with Gasteiger partial charge in [0.2, 0.25) is 0 Å². The van der Waals surface area contributed by atoms with E-state index < -0.39 is 0 Å². The van der Waals surface area contributed by atoms with Gasteiger partial charge in [0.05, 0.1) is 10.6 Å². The third-order valence-electron chi connectivity index (χ3n) is 3.06. The van der Waals surface area contributed by atoms with Crippen LogP contribution in [0.4, 0.5) is 0 Å². The van der Waals surface area contributed by atoms with Crippen molar-refractivity contribution in [1.82, 2.24) is 14.8 Å². The quantitative estimate of drug-likeness (QED) is 0.820. The van der Waals surface area contributed by atoms with Gasteiger partial charge in [0.1, 0.15) is 0 Å².